The molecule has 0 saturated heterocycles. The van der Waals surface area contributed by atoms with Gasteiger partial charge in [0.2, 0.25) is 5.58 Å². The zero-order chi connectivity index (χ0) is 9.59. The van der Waals surface area contributed by atoms with Gasteiger partial charge in [0, 0.05) is 6.07 Å². The smallest absolute Gasteiger partial charge is 0.361 e. The Balaban J connectivity index is 2.75. The largest absolute Gasteiger partial charge is 0.436 e. The summed E-state index contributed by atoms with van der Waals surface area (Å²) in [5.41, 5.74) is 6.13. The molecule has 0 saturated carbocycles. The maximum Gasteiger partial charge on any atom is 0.361 e. The quantitative estimate of drug-likeness (QED) is 0.643. The van der Waals surface area contributed by atoms with Crippen molar-refractivity contribution in [1.29, 1.82) is 0 Å². The predicted octanol–water partition coefficient (Wildman–Crippen LogP) is 0.307. The third-order valence-electron chi connectivity index (χ3n) is 1.70. The molecule has 70 valence electrons. The van der Waals surface area contributed by atoms with E-state index in [4.69, 9.17) is 14.7 Å². The fourth-order valence-electron chi connectivity index (χ4n) is 1.20. The van der Waals surface area contributed by atoms with Crippen molar-refractivity contribution in [3.63, 3.8) is 0 Å². The normalized spacial score (nSPS) is 10.9. The van der Waals surface area contributed by atoms with Gasteiger partial charge in [0.05, 0.1) is 14.1 Å². The molecule has 2 N–H and O–H groups in total. The van der Waals surface area contributed by atoms with E-state index < -0.39 is 0 Å². The topological polar surface area (TPSA) is 82.5 Å². The summed E-state index contributed by atoms with van der Waals surface area (Å²) in [5, 5.41) is 11.2. The highest BCUT2D eigenvalue weighted by Crippen LogP contribution is 2.27. The van der Waals surface area contributed by atoms with Crippen molar-refractivity contribution in [2.75, 3.05) is 24.7 Å². The highest BCUT2D eigenvalue weighted by molar-refractivity contribution is 5.83. The monoisotopic (exact) mass is 183 g/mol. The molecule has 2 aromatic rings. The number of hydrogen-bond acceptors (Lipinski definition) is 5. The number of hydrogen-bond donors (Lipinski definition) is 1. The molecule has 0 aromatic carbocycles. The van der Waals surface area contributed by atoms with Crippen LogP contribution in [0.2, 0.25) is 0 Å². The first-order chi connectivity index (χ1) is 6.09. The molecular formula is C7H9N3O3. The van der Waals surface area contributed by atoms with Gasteiger partial charge in [0.15, 0.2) is 5.88 Å². The van der Waals surface area contributed by atoms with E-state index >= 15 is 0 Å². The van der Waals surface area contributed by atoms with Gasteiger partial charge in [-0.1, -0.05) is 0 Å². The Morgan fingerprint density at radius 1 is 1.54 bits per heavy atom. The molecule has 0 radical (unpaired) electrons. The summed E-state index contributed by atoms with van der Waals surface area (Å²) >= 11 is 0. The third-order valence-corrected chi connectivity index (χ3v) is 1.70. The average Bonchev–Trinajstić information content (AvgIpc) is 2.41. The zero-order valence-electron chi connectivity index (χ0n) is 7.27. The van der Waals surface area contributed by atoms with E-state index in [0.29, 0.717) is 21.9 Å². The molecular weight excluding hydrogens is 174 g/mol. The lowest BCUT2D eigenvalue weighted by molar-refractivity contribution is -0.777. The lowest BCUT2D eigenvalue weighted by Crippen LogP contribution is -2.31. The second-order valence-corrected chi connectivity index (χ2v) is 2.91. The van der Waals surface area contributed by atoms with E-state index in [2.05, 4.69) is 0 Å². The number of rotatable bonds is 1. The fourth-order valence-corrected chi connectivity index (χ4v) is 1.20. The molecule has 6 heteroatoms. The Kier molecular flexibility index (Phi) is 1.39. The molecule has 0 aliphatic rings. The standard InChI is InChI=1S/C7H9N3O3/c1-9(2)7-6-4(13-10(7)11)3-5(8)12-6/h3H,8H2,1-2H3. The maximum atomic E-state index is 11.2. The van der Waals surface area contributed by atoms with E-state index in [0.717, 1.165) is 0 Å². The summed E-state index contributed by atoms with van der Waals surface area (Å²) < 4.78 is 9.93. The summed E-state index contributed by atoms with van der Waals surface area (Å²) in [6, 6.07) is 1.47. The summed E-state index contributed by atoms with van der Waals surface area (Å²) in [6.07, 6.45) is 0. The van der Waals surface area contributed by atoms with E-state index in [-0.39, 0.29) is 5.88 Å². The minimum absolute atomic E-state index is 0.234. The molecule has 0 bridgehead atoms. The van der Waals surface area contributed by atoms with Crippen LogP contribution < -0.4 is 15.5 Å². The Hall–Kier alpha value is -1.85. The SMILES string of the molecule is CN(C)c1c2oc(N)cc2o[n+]1[O-]. The zero-order valence-corrected chi connectivity index (χ0v) is 7.27. The fraction of sp³-hybridized carbons (Fsp3) is 0.286. The minimum Gasteiger partial charge on any atom is -0.436 e. The third kappa shape index (κ3) is 0.986. The van der Waals surface area contributed by atoms with Crippen LogP contribution in [0.1, 0.15) is 0 Å². The van der Waals surface area contributed by atoms with E-state index in [9.17, 15) is 5.21 Å². The van der Waals surface area contributed by atoms with Crippen LogP contribution in [0.4, 0.5) is 11.7 Å². The van der Waals surface area contributed by atoms with Crippen LogP contribution >= 0.6 is 0 Å². The number of furan rings is 1. The van der Waals surface area contributed by atoms with Gasteiger partial charge in [0.25, 0.3) is 0 Å². The van der Waals surface area contributed by atoms with Crippen LogP contribution in [0, 0.1) is 5.21 Å². The highest BCUT2D eigenvalue weighted by Gasteiger charge is 2.21. The van der Waals surface area contributed by atoms with Crippen LogP contribution in [-0.4, -0.2) is 14.1 Å². The van der Waals surface area contributed by atoms with Gasteiger partial charge in [-0.15, -0.1) is 0 Å². The van der Waals surface area contributed by atoms with Crippen molar-refractivity contribution in [1.82, 2.24) is 0 Å². The minimum atomic E-state index is 0.234. The van der Waals surface area contributed by atoms with Crippen LogP contribution in [-0.2, 0) is 0 Å². The van der Waals surface area contributed by atoms with Crippen molar-refractivity contribution >= 4 is 22.9 Å². The molecule has 6 nitrogen and oxygen atoms in total. The first-order valence-electron chi connectivity index (χ1n) is 3.69. The molecule has 13 heavy (non-hydrogen) atoms. The Morgan fingerprint density at radius 3 is 2.85 bits per heavy atom. The van der Waals surface area contributed by atoms with Gasteiger partial charge in [-0.3, -0.25) is 4.90 Å². The van der Waals surface area contributed by atoms with Gasteiger partial charge in [-0.2, -0.15) is 0 Å². The van der Waals surface area contributed by atoms with E-state index in [1.54, 1.807) is 19.0 Å². The number of nitrogens with two attached hydrogens (primary N) is 1. The van der Waals surface area contributed by atoms with Crippen LogP contribution in [0.3, 0.4) is 0 Å². The molecule has 0 atom stereocenters. The number of nitrogens with zero attached hydrogens (tertiary/aromatic N) is 2. The summed E-state index contributed by atoms with van der Waals surface area (Å²) in [5.74, 6) is 0.546. The van der Waals surface area contributed by atoms with Crippen LogP contribution in [0.25, 0.3) is 11.2 Å². The lowest BCUT2D eigenvalue weighted by atomic mass is 10.5. The maximum absolute atomic E-state index is 11.2. The van der Waals surface area contributed by atoms with Gasteiger partial charge in [-0.05, 0) is 4.90 Å². The van der Waals surface area contributed by atoms with Gasteiger partial charge in [-0.25, -0.2) is 0 Å². The van der Waals surface area contributed by atoms with Crippen LogP contribution in [0.15, 0.2) is 15.0 Å². The Bertz CT molecular complexity index is 443. The van der Waals surface area contributed by atoms with Crippen molar-refractivity contribution in [3.05, 3.63) is 11.3 Å². The Labute approximate surface area is 73.7 Å². The molecule has 0 aliphatic heterocycles. The number of nitrogen functional groups attached to an aromatic ring is 1. The summed E-state index contributed by atoms with van der Waals surface area (Å²) in [4.78, 5) is 2.00. The van der Waals surface area contributed by atoms with Crippen molar-refractivity contribution < 1.29 is 13.8 Å². The van der Waals surface area contributed by atoms with Crippen molar-refractivity contribution in [2.24, 2.45) is 0 Å². The molecule has 0 aliphatic carbocycles. The molecule has 2 heterocycles. The molecule has 2 rings (SSSR count). The van der Waals surface area contributed by atoms with Gasteiger partial charge in [0.1, 0.15) is 5.58 Å². The number of fused-ring (bicyclic) bond motifs is 1. The lowest BCUT2D eigenvalue weighted by Gasteiger charge is -2.01. The van der Waals surface area contributed by atoms with Gasteiger partial charge < -0.3 is 19.9 Å². The molecule has 0 amide bonds. The second kappa shape index (κ2) is 2.32. The molecule has 0 unspecified atom stereocenters. The number of anilines is 2. The van der Waals surface area contributed by atoms with Crippen LogP contribution in [0.5, 0.6) is 0 Å². The first kappa shape index (κ1) is 7.78. The molecule has 2 aromatic heterocycles. The van der Waals surface area contributed by atoms with E-state index in [1.807, 2.05) is 0 Å². The number of aromatic nitrogens is 1. The van der Waals surface area contributed by atoms with Gasteiger partial charge >= 0.3 is 5.82 Å². The summed E-state index contributed by atoms with van der Waals surface area (Å²) in [6.45, 7) is 0. The summed E-state index contributed by atoms with van der Waals surface area (Å²) in [7, 11) is 3.44. The van der Waals surface area contributed by atoms with Crippen molar-refractivity contribution in [2.45, 2.75) is 0 Å². The second-order valence-electron chi connectivity index (χ2n) is 2.91. The first-order valence-corrected chi connectivity index (χ1v) is 3.69. The molecule has 0 spiro atoms. The Morgan fingerprint density at radius 2 is 2.23 bits per heavy atom. The highest BCUT2D eigenvalue weighted by atomic mass is 16.7. The average molecular weight is 183 g/mol. The molecule has 0 fully saturated rings. The predicted molar refractivity (Wildman–Crippen MR) is 46.2 cm³/mol. The van der Waals surface area contributed by atoms with E-state index in [1.165, 1.54) is 6.07 Å². The van der Waals surface area contributed by atoms with Crippen molar-refractivity contribution in [3.8, 4) is 0 Å².